The third-order valence-electron chi connectivity index (χ3n) is 3.19. The molecule has 1 rings (SSSR count). The van der Waals surface area contributed by atoms with Crippen LogP contribution in [0.25, 0.3) is 0 Å². The Bertz CT molecular complexity index is 291. The van der Waals surface area contributed by atoms with Crippen LogP contribution in [-0.2, 0) is 9.53 Å². The maximum atomic E-state index is 11.8. The number of aliphatic hydroxyl groups excluding tert-OH is 1. The number of aliphatic hydroxyl groups is 1. The molecule has 1 N–H and O–H groups in total. The van der Waals surface area contributed by atoms with E-state index in [0.717, 1.165) is 12.0 Å². The maximum absolute atomic E-state index is 11.8. The Morgan fingerprint density at radius 3 is 2.40 bits per heavy atom. The van der Waals surface area contributed by atoms with E-state index in [1.807, 2.05) is 33.8 Å². The normalized spacial score (nSPS) is 28.7. The fourth-order valence-corrected chi connectivity index (χ4v) is 2.03. The van der Waals surface area contributed by atoms with Crippen LogP contribution >= 0.6 is 0 Å². The monoisotopic (exact) mass is 212 g/mol. The number of hydrogen-bond donors (Lipinski definition) is 1. The average Bonchev–Trinajstić information content (AvgIpc) is 2.70. The van der Waals surface area contributed by atoms with Gasteiger partial charge in [-0.15, -0.1) is 0 Å². The van der Waals surface area contributed by atoms with E-state index >= 15 is 0 Å². The first-order valence-electron chi connectivity index (χ1n) is 5.36. The fraction of sp³-hybridized carbons (Fsp3) is 0.750. The van der Waals surface area contributed by atoms with E-state index in [4.69, 9.17) is 9.84 Å². The highest BCUT2D eigenvalue weighted by Gasteiger charge is 2.65. The minimum absolute atomic E-state index is 0.00274. The van der Waals surface area contributed by atoms with Gasteiger partial charge in [0.25, 0.3) is 0 Å². The van der Waals surface area contributed by atoms with Crippen LogP contribution in [0.3, 0.4) is 0 Å². The van der Waals surface area contributed by atoms with E-state index in [2.05, 4.69) is 0 Å². The second kappa shape index (κ2) is 3.97. The van der Waals surface area contributed by atoms with Crippen LogP contribution in [0.1, 0.15) is 34.1 Å². The summed E-state index contributed by atoms with van der Waals surface area (Å²) in [6.45, 7) is 8.13. The first-order chi connectivity index (χ1) is 6.89. The molecule has 1 aliphatic carbocycles. The van der Waals surface area contributed by atoms with Crippen molar-refractivity contribution in [1.29, 1.82) is 0 Å². The topological polar surface area (TPSA) is 46.5 Å². The summed E-state index contributed by atoms with van der Waals surface area (Å²) in [5, 5.41) is 8.99. The lowest BCUT2D eigenvalue weighted by Crippen LogP contribution is -2.22. The van der Waals surface area contributed by atoms with Gasteiger partial charge in [0.05, 0.1) is 18.6 Å². The van der Waals surface area contributed by atoms with Gasteiger partial charge in [-0.1, -0.05) is 25.5 Å². The molecule has 0 aliphatic heterocycles. The average molecular weight is 212 g/mol. The predicted octanol–water partition coefficient (Wildman–Crippen LogP) is 1.90. The van der Waals surface area contributed by atoms with E-state index in [1.165, 1.54) is 0 Å². The van der Waals surface area contributed by atoms with E-state index in [1.54, 1.807) is 0 Å². The lowest BCUT2D eigenvalue weighted by molar-refractivity contribution is -0.148. The molecule has 0 aromatic carbocycles. The summed E-state index contributed by atoms with van der Waals surface area (Å²) in [7, 11) is 0. The van der Waals surface area contributed by atoms with Crippen molar-refractivity contribution in [2.45, 2.75) is 34.1 Å². The summed E-state index contributed by atoms with van der Waals surface area (Å²) in [5.74, 6) is -0.164. The van der Waals surface area contributed by atoms with Crippen molar-refractivity contribution in [1.82, 2.24) is 0 Å². The second-order valence-corrected chi connectivity index (χ2v) is 4.90. The van der Waals surface area contributed by atoms with Crippen LogP contribution in [0, 0.1) is 10.8 Å². The zero-order valence-corrected chi connectivity index (χ0v) is 9.96. The molecule has 0 amide bonds. The number of ether oxygens (including phenoxy) is 1. The van der Waals surface area contributed by atoms with Crippen LogP contribution in [0.2, 0.25) is 0 Å². The number of rotatable bonds is 4. The van der Waals surface area contributed by atoms with Crippen molar-refractivity contribution in [3.05, 3.63) is 11.6 Å². The predicted molar refractivity (Wildman–Crippen MR) is 58.3 cm³/mol. The Morgan fingerprint density at radius 2 is 2.07 bits per heavy atom. The third kappa shape index (κ3) is 2.07. The molecule has 1 aliphatic rings. The number of carbonyl (C=O) groups excluding carboxylic acids is 1. The quantitative estimate of drug-likeness (QED) is 0.572. The Balaban J connectivity index is 2.89. The van der Waals surface area contributed by atoms with Gasteiger partial charge < -0.3 is 9.84 Å². The Hall–Kier alpha value is -0.830. The highest BCUT2D eigenvalue weighted by Crippen LogP contribution is 2.65. The van der Waals surface area contributed by atoms with Crippen molar-refractivity contribution < 1.29 is 14.6 Å². The zero-order valence-electron chi connectivity index (χ0n) is 9.96. The smallest absolute Gasteiger partial charge is 0.316 e. The van der Waals surface area contributed by atoms with Crippen LogP contribution in [0.4, 0.5) is 0 Å². The Morgan fingerprint density at radius 1 is 1.53 bits per heavy atom. The van der Waals surface area contributed by atoms with Gasteiger partial charge in [0.2, 0.25) is 0 Å². The highest BCUT2D eigenvalue weighted by molar-refractivity contribution is 5.84. The minimum Gasteiger partial charge on any atom is -0.465 e. The first-order valence-corrected chi connectivity index (χ1v) is 5.36. The summed E-state index contributed by atoms with van der Waals surface area (Å²) >= 11 is 0. The molecule has 0 aromatic heterocycles. The summed E-state index contributed by atoms with van der Waals surface area (Å²) in [6.07, 6.45) is 2.67. The molecule has 0 radical (unpaired) electrons. The molecular weight excluding hydrogens is 192 g/mol. The first kappa shape index (κ1) is 12.2. The summed E-state index contributed by atoms with van der Waals surface area (Å²) < 4.78 is 5.09. The molecule has 3 heteroatoms. The molecule has 1 atom stereocenters. The molecule has 0 heterocycles. The van der Waals surface area contributed by atoms with Gasteiger partial charge in [0.1, 0.15) is 0 Å². The van der Waals surface area contributed by atoms with E-state index in [0.29, 0.717) is 6.61 Å². The largest absolute Gasteiger partial charge is 0.465 e. The second-order valence-electron chi connectivity index (χ2n) is 4.90. The number of hydrogen-bond acceptors (Lipinski definition) is 3. The van der Waals surface area contributed by atoms with Crippen molar-refractivity contribution in [2.75, 3.05) is 13.2 Å². The Kier molecular flexibility index (Phi) is 3.24. The third-order valence-corrected chi connectivity index (χ3v) is 3.19. The molecule has 0 spiro atoms. The maximum Gasteiger partial charge on any atom is 0.316 e. The van der Waals surface area contributed by atoms with Crippen LogP contribution in [0.15, 0.2) is 11.6 Å². The van der Waals surface area contributed by atoms with Gasteiger partial charge in [-0.05, 0) is 25.7 Å². The van der Waals surface area contributed by atoms with Gasteiger partial charge in [0, 0.05) is 0 Å². The van der Waals surface area contributed by atoms with E-state index < -0.39 is 5.41 Å². The van der Waals surface area contributed by atoms with Gasteiger partial charge in [-0.3, -0.25) is 4.79 Å². The number of carbonyl (C=O) groups is 1. The minimum atomic E-state index is -0.504. The summed E-state index contributed by atoms with van der Waals surface area (Å²) in [6, 6.07) is 0. The van der Waals surface area contributed by atoms with Gasteiger partial charge in [0.15, 0.2) is 0 Å². The van der Waals surface area contributed by atoms with Crippen LogP contribution < -0.4 is 0 Å². The highest BCUT2D eigenvalue weighted by atomic mass is 16.5. The molecule has 0 bridgehead atoms. The molecule has 86 valence electrons. The molecular formula is C12H20O3. The fourth-order valence-electron chi connectivity index (χ4n) is 2.03. The lowest BCUT2D eigenvalue weighted by atomic mass is 9.93. The summed E-state index contributed by atoms with van der Waals surface area (Å²) in [4.78, 5) is 11.8. The van der Waals surface area contributed by atoms with Gasteiger partial charge in [-0.2, -0.15) is 0 Å². The molecule has 1 saturated carbocycles. The Labute approximate surface area is 91.1 Å². The van der Waals surface area contributed by atoms with Crippen molar-refractivity contribution >= 4 is 5.97 Å². The van der Waals surface area contributed by atoms with Crippen LogP contribution in [-0.4, -0.2) is 24.3 Å². The molecule has 0 aromatic rings. The molecule has 0 saturated heterocycles. The van der Waals surface area contributed by atoms with E-state index in [9.17, 15) is 4.79 Å². The standard InChI is InChI=1S/C12H20O3/c1-5-15-10(14)12(6-9(2)7-13)8-11(12,3)4/h6,13H,5,7-8H2,1-4H3/b9-6+. The molecule has 15 heavy (non-hydrogen) atoms. The van der Waals surface area contributed by atoms with Crippen LogP contribution in [0.5, 0.6) is 0 Å². The summed E-state index contributed by atoms with van der Waals surface area (Å²) in [5.41, 5.74) is 0.277. The van der Waals surface area contributed by atoms with Crippen molar-refractivity contribution in [3.63, 3.8) is 0 Å². The van der Waals surface area contributed by atoms with Crippen molar-refractivity contribution in [3.8, 4) is 0 Å². The van der Waals surface area contributed by atoms with E-state index in [-0.39, 0.29) is 18.0 Å². The lowest BCUT2D eigenvalue weighted by Gasteiger charge is -2.15. The van der Waals surface area contributed by atoms with Gasteiger partial charge in [-0.25, -0.2) is 0 Å². The molecule has 3 nitrogen and oxygen atoms in total. The number of esters is 1. The van der Waals surface area contributed by atoms with Gasteiger partial charge >= 0.3 is 5.97 Å². The molecule has 1 fully saturated rings. The zero-order chi connectivity index (χ0) is 11.7. The van der Waals surface area contributed by atoms with Crippen molar-refractivity contribution in [2.24, 2.45) is 10.8 Å². The SMILES string of the molecule is CCOC(=O)C1(/C=C(\C)CO)CC1(C)C. The molecule has 1 unspecified atom stereocenters.